The molecule has 6 heteroatoms. The molecule has 1 N–H and O–H groups in total. The zero-order valence-electron chi connectivity index (χ0n) is 15.9. The molecule has 2 aromatic carbocycles. The summed E-state index contributed by atoms with van der Waals surface area (Å²) in [7, 11) is 0. The molecule has 1 aromatic heterocycles. The number of anilines is 1. The quantitative estimate of drug-likeness (QED) is 0.591. The largest absolute Gasteiger partial charge is 0.444 e. The number of carbonyl (C=O) groups excluding carboxylic acids is 2. The number of rotatable bonds is 8. The van der Waals surface area contributed by atoms with Gasteiger partial charge in [0, 0.05) is 6.20 Å². The van der Waals surface area contributed by atoms with Crippen molar-refractivity contribution >= 4 is 18.1 Å². The summed E-state index contributed by atoms with van der Waals surface area (Å²) in [5, 5.41) is 2.46. The molecule has 3 rings (SSSR count). The number of ether oxygens (including phenoxy) is 1. The molecule has 1 atom stereocenters. The molecule has 0 saturated heterocycles. The van der Waals surface area contributed by atoms with Crippen LogP contribution in [0.5, 0.6) is 0 Å². The van der Waals surface area contributed by atoms with E-state index in [-0.39, 0.29) is 12.3 Å². The van der Waals surface area contributed by atoms with Crippen molar-refractivity contribution in [1.82, 2.24) is 4.57 Å². The van der Waals surface area contributed by atoms with Gasteiger partial charge in [-0.25, -0.2) is 4.79 Å². The van der Waals surface area contributed by atoms with Crippen molar-refractivity contribution in [3.63, 3.8) is 0 Å². The second-order valence-corrected chi connectivity index (χ2v) is 6.55. The zero-order chi connectivity index (χ0) is 20.5. The minimum Gasteiger partial charge on any atom is -0.444 e. The van der Waals surface area contributed by atoms with Crippen LogP contribution in [0, 0.1) is 0 Å². The van der Waals surface area contributed by atoms with E-state index in [0.29, 0.717) is 12.8 Å². The normalized spacial score (nSPS) is 11.4. The Kier molecular flexibility index (Phi) is 6.95. The van der Waals surface area contributed by atoms with E-state index in [1.165, 1.54) is 10.6 Å². The average Bonchev–Trinajstić information content (AvgIpc) is 2.76. The molecule has 0 unspecified atom stereocenters. The molecule has 148 valence electrons. The molecule has 0 aliphatic rings. The fourth-order valence-electron chi connectivity index (χ4n) is 2.97. The van der Waals surface area contributed by atoms with Crippen molar-refractivity contribution in [3.8, 4) is 0 Å². The van der Waals surface area contributed by atoms with Crippen molar-refractivity contribution in [2.24, 2.45) is 0 Å². The van der Waals surface area contributed by atoms with Crippen LogP contribution in [0.3, 0.4) is 0 Å². The van der Waals surface area contributed by atoms with E-state index in [9.17, 15) is 14.4 Å². The topological polar surface area (TPSA) is 77.4 Å². The smallest absolute Gasteiger partial charge is 0.412 e. The van der Waals surface area contributed by atoms with Crippen LogP contribution in [-0.2, 0) is 22.6 Å². The molecule has 3 aromatic rings. The standard InChI is InChI=1S/C23H22N2O4/c26-16-20(14-13-18-8-3-1-4-9-18)25-15-7-12-21(22(25)27)24-23(28)29-17-19-10-5-2-6-11-19/h1-12,15-16,20H,13-14,17H2,(H,24,28)/t20-/m0/s1. The third kappa shape index (κ3) is 5.65. The van der Waals surface area contributed by atoms with Crippen LogP contribution >= 0.6 is 0 Å². The Balaban J connectivity index is 1.65. The first kappa shape index (κ1) is 20.1. The first-order valence-electron chi connectivity index (χ1n) is 9.35. The second kappa shape index (κ2) is 10.0. The molecular formula is C23H22N2O4. The van der Waals surface area contributed by atoms with Gasteiger partial charge in [-0.1, -0.05) is 60.7 Å². The zero-order valence-corrected chi connectivity index (χ0v) is 15.9. The maximum atomic E-state index is 12.7. The number of aryl methyl sites for hydroxylation is 1. The highest BCUT2D eigenvalue weighted by Crippen LogP contribution is 2.13. The Morgan fingerprint density at radius 3 is 2.28 bits per heavy atom. The van der Waals surface area contributed by atoms with Gasteiger partial charge in [-0.05, 0) is 36.1 Å². The number of hydrogen-bond acceptors (Lipinski definition) is 4. The summed E-state index contributed by atoms with van der Waals surface area (Å²) in [6, 6.07) is 21.5. The Bertz CT molecular complexity index is 1000. The fraction of sp³-hybridized carbons (Fsp3) is 0.174. The van der Waals surface area contributed by atoms with E-state index >= 15 is 0 Å². The Morgan fingerprint density at radius 1 is 0.966 bits per heavy atom. The highest BCUT2D eigenvalue weighted by Gasteiger charge is 2.15. The van der Waals surface area contributed by atoms with E-state index in [1.54, 1.807) is 12.3 Å². The minimum atomic E-state index is -0.726. The van der Waals surface area contributed by atoms with Crippen LogP contribution in [0.25, 0.3) is 0 Å². The number of pyridine rings is 1. The molecule has 0 bridgehead atoms. The molecule has 0 aliphatic carbocycles. The van der Waals surface area contributed by atoms with Gasteiger partial charge < -0.3 is 14.1 Å². The van der Waals surface area contributed by atoms with Crippen molar-refractivity contribution in [2.75, 3.05) is 5.32 Å². The molecule has 6 nitrogen and oxygen atoms in total. The lowest BCUT2D eigenvalue weighted by atomic mass is 10.1. The van der Waals surface area contributed by atoms with Gasteiger partial charge in [-0.3, -0.25) is 10.1 Å². The van der Waals surface area contributed by atoms with E-state index < -0.39 is 17.7 Å². The van der Waals surface area contributed by atoms with Crippen LogP contribution in [0.2, 0.25) is 0 Å². The molecule has 0 radical (unpaired) electrons. The van der Waals surface area contributed by atoms with Crippen molar-refractivity contribution in [3.05, 3.63) is 100 Å². The highest BCUT2D eigenvalue weighted by atomic mass is 16.5. The number of amides is 1. The molecule has 0 fully saturated rings. The van der Waals surface area contributed by atoms with Crippen LogP contribution in [0.1, 0.15) is 23.6 Å². The van der Waals surface area contributed by atoms with Gasteiger partial charge in [0.05, 0.1) is 6.04 Å². The lowest BCUT2D eigenvalue weighted by Crippen LogP contribution is -2.29. The molecule has 1 heterocycles. The average molecular weight is 390 g/mol. The first-order valence-corrected chi connectivity index (χ1v) is 9.35. The van der Waals surface area contributed by atoms with E-state index in [0.717, 1.165) is 17.4 Å². The summed E-state index contributed by atoms with van der Waals surface area (Å²) in [5.74, 6) is 0. The first-order chi connectivity index (χ1) is 14.2. The number of aldehydes is 1. The summed E-state index contributed by atoms with van der Waals surface area (Å²) in [6.45, 7) is 0.0989. The monoisotopic (exact) mass is 390 g/mol. The third-order valence-corrected chi connectivity index (χ3v) is 4.51. The van der Waals surface area contributed by atoms with Crippen LogP contribution in [0.15, 0.2) is 83.8 Å². The summed E-state index contributed by atoms with van der Waals surface area (Å²) in [6.07, 6.45) is 2.72. The van der Waals surface area contributed by atoms with Gasteiger partial charge in [0.15, 0.2) is 0 Å². The molecule has 0 aliphatic heterocycles. The van der Waals surface area contributed by atoms with Gasteiger partial charge in [-0.15, -0.1) is 0 Å². The van der Waals surface area contributed by atoms with Gasteiger partial charge in [0.25, 0.3) is 5.56 Å². The fourth-order valence-corrected chi connectivity index (χ4v) is 2.97. The summed E-state index contributed by atoms with van der Waals surface area (Å²) < 4.78 is 6.49. The van der Waals surface area contributed by atoms with E-state index in [4.69, 9.17) is 4.74 Å². The molecule has 1 amide bonds. The predicted molar refractivity (Wildman–Crippen MR) is 111 cm³/mol. The number of benzene rings is 2. The number of hydrogen-bond donors (Lipinski definition) is 1. The van der Waals surface area contributed by atoms with Crippen molar-refractivity contribution in [1.29, 1.82) is 0 Å². The van der Waals surface area contributed by atoms with Gasteiger partial charge in [0.1, 0.15) is 18.6 Å². The maximum absolute atomic E-state index is 12.7. The summed E-state index contributed by atoms with van der Waals surface area (Å²) >= 11 is 0. The molecule has 29 heavy (non-hydrogen) atoms. The highest BCUT2D eigenvalue weighted by molar-refractivity contribution is 5.84. The van der Waals surface area contributed by atoms with Gasteiger partial charge in [0.2, 0.25) is 0 Å². The Labute approximate surface area is 168 Å². The molecule has 0 saturated carbocycles. The predicted octanol–water partition coefficient (Wildman–Crippen LogP) is 3.97. The number of nitrogens with zero attached hydrogens (tertiary/aromatic N) is 1. The number of nitrogens with one attached hydrogen (secondary N) is 1. The van der Waals surface area contributed by atoms with Crippen molar-refractivity contribution < 1.29 is 14.3 Å². The summed E-state index contributed by atoms with van der Waals surface area (Å²) in [5.41, 5.74) is 1.55. The van der Waals surface area contributed by atoms with Crippen LogP contribution < -0.4 is 10.9 Å². The SMILES string of the molecule is O=C[C@H](CCc1ccccc1)n1cccc(NC(=O)OCc2ccccc2)c1=O. The van der Waals surface area contributed by atoms with Gasteiger partial charge in [-0.2, -0.15) is 0 Å². The van der Waals surface area contributed by atoms with Crippen molar-refractivity contribution in [2.45, 2.75) is 25.5 Å². The lowest BCUT2D eigenvalue weighted by Gasteiger charge is -2.15. The third-order valence-electron chi connectivity index (χ3n) is 4.51. The second-order valence-electron chi connectivity index (χ2n) is 6.55. The van der Waals surface area contributed by atoms with Crippen LogP contribution in [0.4, 0.5) is 10.5 Å². The lowest BCUT2D eigenvalue weighted by molar-refractivity contribution is -0.110. The number of carbonyl (C=O) groups is 2. The van der Waals surface area contributed by atoms with Crippen LogP contribution in [-0.4, -0.2) is 16.9 Å². The van der Waals surface area contributed by atoms with Gasteiger partial charge >= 0.3 is 6.09 Å². The molecule has 0 spiro atoms. The minimum absolute atomic E-state index is 0.0668. The van der Waals surface area contributed by atoms with E-state index in [2.05, 4.69) is 5.32 Å². The Hall–Kier alpha value is -3.67. The summed E-state index contributed by atoms with van der Waals surface area (Å²) in [4.78, 5) is 36.4. The number of aromatic nitrogens is 1. The van der Waals surface area contributed by atoms with E-state index in [1.807, 2.05) is 60.7 Å². The Morgan fingerprint density at radius 2 is 1.62 bits per heavy atom. The maximum Gasteiger partial charge on any atom is 0.412 e. The molecular weight excluding hydrogens is 368 g/mol.